The van der Waals surface area contributed by atoms with E-state index in [0.717, 1.165) is 38.5 Å². The van der Waals surface area contributed by atoms with Crippen LogP contribution >= 0.6 is 0 Å². The van der Waals surface area contributed by atoms with E-state index in [1.165, 1.54) is 57.8 Å². The fourth-order valence-electron chi connectivity index (χ4n) is 5.99. The highest BCUT2D eigenvalue weighted by Gasteiger charge is 2.44. The van der Waals surface area contributed by atoms with Gasteiger partial charge in [-0.05, 0) is 44.9 Å². The van der Waals surface area contributed by atoms with E-state index in [0.29, 0.717) is 19.3 Å². The van der Waals surface area contributed by atoms with E-state index in [4.69, 9.17) is 9.47 Å². The Morgan fingerprint density at radius 3 is 1.84 bits per heavy atom. The Morgan fingerprint density at radius 1 is 0.714 bits per heavy atom. The summed E-state index contributed by atoms with van der Waals surface area (Å²) in [5.41, 5.74) is 0. The van der Waals surface area contributed by atoms with Crippen LogP contribution < -0.4 is 5.32 Å². The Labute approximate surface area is 295 Å². The first-order valence-corrected chi connectivity index (χ1v) is 19.2. The maximum absolute atomic E-state index is 13.0. The summed E-state index contributed by atoms with van der Waals surface area (Å²) in [6.45, 7) is 3.24. The number of carbonyl (C=O) groups is 1. The summed E-state index contributed by atoms with van der Waals surface area (Å²) in [7, 11) is 0. The second-order valence-electron chi connectivity index (χ2n) is 13.6. The minimum atomic E-state index is -1.67. The Hall–Kier alpha value is -1.41. The number of amides is 1. The quantitative estimate of drug-likeness (QED) is 0.0396. The lowest BCUT2D eigenvalue weighted by Gasteiger charge is -2.40. The van der Waals surface area contributed by atoms with Crippen LogP contribution in [0.5, 0.6) is 0 Å². The van der Waals surface area contributed by atoms with Gasteiger partial charge in [0, 0.05) is 0 Å². The molecule has 1 aliphatic heterocycles. The summed E-state index contributed by atoms with van der Waals surface area (Å²) >= 11 is 0. The molecule has 0 spiro atoms. The van der Waals surface area contributed by atoms with Crippen molar-refractivity contribution in [3.05, 3.63) is 24.3 Å². The number of allylic oxidation sites excluding steroid dienone is 4. The van der Waals surface area contributed by atoms with Crippen LogP contribution in [0.25, 0.3) is 0 Å². The summed E-state index contributed by atoms with van der Waals surface area (Å²) in [6, 6.07) is -1.18. The van der Waals surface area contributed by atoms with Crippen molar-refractivity contribution in [2.24, 2.45) is 0 Å². The highest BCUT2D eigenvalue weighted by molar-refractivity contribution is 5.80. The molecule has 1 rings (SSSR count). The molecule has 1 heterocycles. The van der Waals surface area contributed by atoms with Crippen LogP contribution in [0.2, 0.25) is 0 Å². The number of hydrogen-bond donors (Lipinski definition) is 8. The number of unbranched alkanes of at least 4 members (excludes halogenated alkanes) is 14. The molecule has 11 nitrogen and oxygen atoms in total. The molecule has 0 aromatic carbocycles. The first-order chi connectivity index (χ1) is 23.7. The van der Waals surface area contributed by atoms with Crippen molar-refractivity contribution in [1.82, 2.24) is 5.32 Å². The Balaban J connectivity index is 2.58. The molecule has 11 heteroatoms. The molecule has 0 bridgehead atoms. The fourth-order valence-corrected chi connectivity index (χ4v) is 5.99. The van der Waals surface area contributed by atoms with E-state index >= 15 is 0 Å². The van der Waals surface area contributed by atoms with Gasteiger partial charge in [-0.1, -0.05) is 122 Å². The van der Waals surface area contributed by atoms with Crippen LogP contribution in [0.3, 0.4) is 0 Å². The van der Waals surface area contributed by atoms with E-state index in [2.05, 4.69) is 37.4 Å². The third-order valence-corrected chi connectivity index (χ3v) is 9.25. The minimum absolute atomic E-state index is 0.245. The average Bonchev–Trinajstić information content (AvgIpc) is 3.10. The number of rotatable bonds is 30. The molecule has 0 aliphatic carbocycles. The van der Waals surface area contributed by atoms with Gasteiger partial charge in [-0.3, -0.25) is 4.79 Å². The molecule has 0 aromatic rings. The van der Waals surface area contributed by atoms with Gasteiger partial charge in [0.1, 0.15) is 36.6 Å². The predicted octanol–water partition coefficient (Wildman–Crippen LogP) is 4.32. The van der Waals surface area contributed by atoms with Crippen molar-refractivity contribution >= 4 is 5.91 Å². The largest absolute Gasteiger partial charge is 0.394 e. The summed E-state index contributed by atoms with van der Waals surface area (Å²) in [5, 5.41) is 75.0. The van der Waals surface area contributed by atoms with Crippen molar-refractivity contribution in [3.8, 4) is 0 Å². The lowest BCUT2D eigenvalue weighted by atomic mass is 9.98. The van der Waals surface area contributed by atoms with Crippen molar-refractivity contribution in [2.45, 2.75) is 197 Å². The number of aliphatic hydroxyl groups excluding tert-OH is 7. The van der Waals surface area contributed by atoms with Gasteiger partial charge in [-0.2, -0.15) is 0 Å². The third kappa shape index (κ3) is 20.3. The van der Waals surface area contributed by atoms with Gasteiger partial charge in [-0.25, -0.2) is 0 Å². The van der Waals surface area contributed by atoms with Crippen LogP contribution in [0, 0.1) is 0 Å². The molecule has 1 fully saturated rings. The molecule has 9 atom stereocenters. The maximum atomic E-state index is 13.0. The zero-order chi connectivity index (χ0) is 36.3. The van der Waals surface area contributed by atoms with Crippen molar-refractivity contribution in [1.29, 1.82) is 0 Å². The highest BCUT2D eigenvalue weighted by Crippen LogP contribution is 2.23. The van der Waals surface area contributed by atoms with E-state index in [9.17, 15) is 40.5 Å². The molecule has 288 valence electrons. The number of nitrogens with one attached hydrogen (secondary N) is 1. The lowest BCUT2D eigenvalue weighted by Crippen LogP contribution is -2.60. The van der Waals surface area contributed by atoms with Crippen LogP contribution in [-0.2, 0) is 14.3 Å². The van der Waals surface area contributed by atoms with Crippen molar-refractivity contribution in [2.75, 3.05) is 13.2 Å². The number of carbonyl (C=O) groups excluding carboxylic acids is 1. The van der Waals surface area contributed by atoms with Gasteiger partial charge in [-0.15, -0.1) is 0 Å². The zero-order valence-electron chi connectivity index (χ0n) is 30.4. The Kier molecular flexibility index (Phi) is 27.2. The van der Waals surface area contributed by atoms with E-state index in [-0.39, 0.29) is 12.8 Å². The summed E-state index contributed by atoms with van der Waals surface area (Å²) in [4.78, 5) is 13.0. The average molecular weight is 702 g/mol. The second-order valence-corrected chi connectivity index (χ2v) is 13.6. The van der Waals surface area contributed by atoms with Gasteiger partial charge in [0.2, 0.25) is 5.91 Å². The molecule has 1 saturated heterocycles. The second kappa shape index (κ2) is 29.2. The predicted molar refractivity (Wildman–Crippen MR) is 192 cm³/mol. The molecular weight excluding hydrogens is 630 g/mol. The number of hydrogen-bond acceptors (Lipinski definition) is 10. The molecule has 1 amide bonds. The smallest absolute Gasteiger partial charge is 0.249 e. The van der Waals surface area contributed by atoms with E-state index in [1.54, 1.807) is 0 Å². The first-order valence-electron chi connectivity index (χ1n) is 19.2. The Bertz CT molecular complexity index is 856. The molecule has 0 saturated carbocycles. The van der Waals surface area contributed by atoms with Gasteiger partial charge >= 0.3 is 0 Å². The minimum Gasteiger partial charge on any atom is -0.394 e. The fraction of sp³-hybridized carbons (Fsp3) is 0.868. The maximum Gasteiger partial charge on any atom is 0.249 e. The Morgan fingerprint density at radius 2 is 1.27 bits per heavy atom. The van der Waals surface area contributed by atoms with Crippen LogP contribution in [0.15, 0.2) is 24.3 Å². The van der Waals surface area contributed by atoms with Crippen LogP contribution in [0.4, 0.5) is 0 Å². The van der Waals surface area contributed by atoms with Crippen molar-refractivity contribution < 1.29 is 50.0 Å². The van der Waals surface area contributed by atoms with Crippen LogP contribution in [0.1, 0.15) is 142 Å². The number of aliphatic hydroxyl groups is 7. The molecular formula is C38H71NO10. The third-order valence-electron chi connectivity index (χ3n) is 9.25. The standard InChI is InChI=1S/C38H71NO10/c1-3-5-7-9-11-13-14-15-16-18-20-22-24-26-31(42)37(47)39-29(28-48-38-36(46)35(45)34(44)32(27-40)49-38)33(43)30(41)25-23-21-19-17-12-10-8-6-4-2/h6,8,17,19,29-36,38,40-46H,3-5,7,9-16,18,20-28H2,1-2H3,(H,39,47)/b8-6+,19-17+. The summed E-state index contributed by atoms with van der Waals surface area (Å²) in [6.07, 6.45) is 16.9. The monoisotopic (exact) mass is 702 g/mol. The van der Waals surface area contributed by atoms with Gasteiger partial charge in [0.15, 0.2) is 6.29 Å². The topological polar surface area (TPSA) is 189 Å². The lowest BCUT2D eigenvalue weighted by molar-refractivity contribution is -0.303. The summed E-state index contributed by atoms with van der Waals surface area (Å²) < 4.78 is 11.0. The molecule has 9 unspecified atom stereocenters. The van der Waals surface area contributed by atoms with E-state index in [1.807, 2.05) is 6.08 Å². The van der Waals surface area contributed by atoms with Gasteiger partial charge in [0.25, 0.3) is 0 Å². The van der Waals surface area contributed by atoms with Gasteiger partial charge in [0.05, 0.1) is 25.4 Å². The highest BCUT2D eigenvalue weighted by atomic mass is 16.7. The molecule has 8 N–H and O–H groups in total. The first kappa shape index (κ1) is 45.6. The normalized spacial score (nSPS) is 24.0. The zero-order valence-corrected chi connectivity index (χ0v) is 30.4. The summed E-state index contributed by atoms with van der Waals surface area (Å²) in [5.74, 6) is -0.715. The van der Waals surface area contributed by atoms with Crippen LogP contribution in [-0.4, -0.2) is 110 Å². The molecule has 0 radical (unpaired) electrons. The number of ether oxygens (including phenoxy) is 2. The molecule has 49 heavy (non-hydrogen) atoms. The molecule has 1 aliphatic rings. The van der Waals surface area contributed by atoms with E-state index < -0.39 is 74.2 Å². The SMILES string of the molecule is CC/C=C/CC/C=C/CCCC(O)C(O)C(COC1OC(CO)C(O)C(O)C1O)NC(=O)C(O)CCCCCCCCCCCCCCC. The van der Waals surface area contributed by atoms with Gasteiger partial charge < -0.3 is 50.5 Å². The van der Waals surface area contributed by atoms with Crippen molar-refractivity contribution in [3.63, 3.8) is 0 Å². The molecule has 0 aromatic heterocycles.